The lowest BCUT2D eigenvalue weighted by molar-refractivity contribution is -0.139. The van der Waals surface area contributed by atoms with Gasteiger partial charge in [-0.3, -0.25) is 0 Å². The number of carbonyl (C=O) groups is 2. The van der Waals surface area contributed by atoms with Crippen LogP contribution >= 0.6 is 11.3 Å². The molecule has 0 unspecified atom stereocenters. The standard InChI is InChI=1S/C26H29N3O7S2/c1-16-23(36-14-22(30)31)25(26(32)33)37-24(16)17-6-4-7-20(13-17)28-19-9-11-29(12-10-19)38(34,35)15-18-5-2-3-8-21(18)27/h2-8,13,19,28H,9-12,14-15,27H2,1H3,(H,30,31)(H,32,33). The van der Waals surface area contributed by atoms with E-state index >= 15 is 0 Å². The summed E-state index contributed by atoms with van der Waals surface area (Å²) in [5.74, 6) is -2.45. The zero-order valence-corrected chi connectivity index (χ0v) is 22.3. The molecular weight excluding hydrogens is 530 g/mol. The highest BCUT2D eigenvalue weighted by Gasteiger charge is 2.29. The second-order valence-corrected chi connectivity index (χ2v) is 12.0. The molecule has 2 aromatic carbocycles. The van der Waals surface area contributed by atoms with E-state index in [0.29, 0.717) is 47.6 Å². The Kier molecular flexibility index (Phi) is 8.24. The molecule has 1 aliphatic heterocycles. The van der Waals surface area contributed by atoms with Gasteiger partial charge in [0, 0.05) is 40.9 Å². The molecule has 38 heavy (non-hydrogen) atoms. The zero-order valence-electron chi connectivity index (χ0n) is 20.7. The second-order valence-electron chi connectivity index (χ2n) is 9.06. The van der Waals surface area contributed by atoms with E-state index < -0.39 is 28.6 Å². The van der Waals surface area contributed by atoms with Crippen LogP contribution < -0.4 is 15.8 Å². The maximum Gasteiger partial charge on any atom is 0.349 e. The molecule has 1 aliphatic rings. The molecule has 12 heteroatoms. The number of hydrogen-bond donors (Lipinski definition) is 4. The van der Waals surface area contributed by atoms with Crippen molar-refractivity contribution in [2.45, 2.75) is 31.6 Å². The summed E-state index contributed by atoms with van der Waals surface area (Å²) in [6, 6.07) is 14.5. The number of nitrogens with one attached hydrogen (secondary N) is 1. The lowest BCUT2D eigenvalue weighted by Crippen LogP contribution is -2.42. The van der Waals surface area contributed by atoms with Crippen molar-refractivity contribution in [2.24, 2.45) is 0 Å². The number of carboxylic acids is 2. The molecule has 1 saturated heterocycles. The van der Waals surface area contributed by atoms with Gasteiger partial charge in [0.2, 0.25) is 10.0 Å². The number of piperidine rings is 1. The Balaban J connectivity index is 1.43. The van der Waals surface area contributed by atoms with Crippen molar-refractivity contribution in [3.05, 3.63) is 64.5 Å². The highest BCUT2D eigenvalue weighted by Crippen LogP contribution is 2.42. The first-order chi connectivity index (χ1) is 18.0. The molecule has 1 fully saturated rings. The van der Waals surface area contributed by atoms with E-state index in [9.17, 15) is 23.1 Å². The molecule has 0 saturated carbocycles. The third kappa shape index (κ3) is 6.26. The Hall–Kier alpha value is -3.61. The quantitative estimate of drug-likeness (QED) is 0.270. The van der Waals surface area contributed by atoms with Crippen molar-refractivity contribution >= 4 is 44.7 Å². The van der Waals surface area contributed by atoms with Crippen LogP contribution in [0.4, 0.5) is 11.4 Å². The lowest BCUT2D eigenvalue weighted by Gasteiger charge is -2.32. The van der Waals surface area contributed by atoms with Gasteiger partial charge in [0.15, 0.2) is 11.5 Å². The van der Waals surface area contributed by atoms with Gasteiger partial charge in [-0.2, -0.15) is 0 Å². The maximum absolute atomic E-state index is 12.9. The predicted molar refractivity (Wildman–Crippen MR) is 146 cm³/mol. The first kappa shape index (κ1) is 27.4. The number of thiophene rings is 1. The third-order valence-corrected chi connectivity index (χ3v) is 9.50. The molecule has 0 spiro atoms. The minimum atomic E-state index is -3.49. The third-order valence-electron chi connectivity index (χ3n) is 6.36. The fourth-order valence-corrected chi connectivity index (χ4v) is 7.13. The molecule has 202 valence electrons. The summed E-state index contributed by atoms with van der Waals surface area (Å²) < 4.78 is 32.7. The van der Waals surface area contributed by atoms with Crippen LogP contribution in [-0.4, -0.2) is 60.6 Å². The van der Waals surface area contributed by atoms with Gasteiger partial charge in [0.05, 0.1) is 5.75 Å². The molecule has 5 N–H and O–H groups in total. The number of hydrogen-bond acceptors (Lipinski definition) is 8. The molecule has 0 radical (unpaired) electrons. The van der Waals surface area contributed by atoms with Gasteiger partial charge in [-0.25, -0.2) is 22.3 Å². The summed E-state index contributed by atoms with van der Waals surface area (Å²) in [6.45, 7) is 1.85. The number of nitrogen functional groups attached to an aromatic ring is 1. The van der Waals surface area contributed by atoms with E-state index in [1.165, 1.54) is 4.31 Å². The van der Waals surface area contributed by atoms with Gasteiger partial charge in [0.25, 0.3) is 0 Å². The van der Waals surface area contributed by atoms with Crippen LogP contribution in [0.25, 0.3) is 10.4 Å². The molecule has 0 amide bonds. The van der Waals surface area contributed by atoms with Crippen LogP contribution in [0.1, 0.15) is 33.6 Å². The largest absolute Gasteiger partial charge is 0.480 e. The average Bonchev–Trinajstić information content (AvgIpc) is 3.21. The Morgan fingerprint density at radius 2 is 1.84 bits per heavy atom. The number of ether oxygens (including phenoxy) is 1. The summed E-state index contributed by atoms with van der Waals surface area (Å²) in [7, 11) is -3.49. The van der Waals surface area contributed by atoms with E-state index in [2.05, 4.69) is 5.32 Å². The number of sulfonamides is 1. The molecule has 4 rings (SSSR count). The summed E-state index contributed by atoms with van der Waals surface area (Å²) in [5, 5.41) is 22.0. The number of nitrogens with two attached hydrogens (primary N) is 1. The number of benzene rings is 2. The Bertz CT molecular complexity index is 1440. The van der Waals surface area contributed by atoms with Gasteiger partial charge in [-0.1, -0.05) is 30.3 Å². The van der Waals surface area contributed by atoms with Crippen LogP contribution in [0.2, 0.25) is 0 Å². The second kappa shape index (κ2) is 11.4. The van der Waals surface area contributed by atoms with Crippen LogP contribution in [0, 0.1) is 6.92 Å². The van der Waals surface area contributed by atoms with Gasteiger partial charge in [0.1, 0.15) is 5.75 Å². The molecule has 10 nitrogen and oxygen atoms in total. The van der Waals surface area contributed by atoms with Crippen molar-refractivity contribution in [3.8, 4) is 16.2 Å². The molecule has 0 bridgehead atoms. The van der Waals surface area contributed by atoms with Crippen LogP contribution in [0.15, 0.2) is 48.5 Å². The van der Waals surface area contributed by atoms with Gasteiger partial charge in [-0.15, -0.1) is 11.3 Å². The Morgan fingerprint density at radius 1 is 1.13 bits per heavy atom. The van der Waals surface area contributed by atoms with Crippen LogP contribution in [0.3, 0.4) is 0 Å². The number of nitrogens with zero attached hydrogens (tertiary/aromatic N) is 1. The van der Waals surface area contributed by atoms with Crippen molar-refractivity contribution in [3.63, 3.8) is 0 Å². The molecule has 0 aliphatic carbocycles. The fraction of sp³-hybridized carbons (Fsp3) is 0.308. The zero-order chi connectivity index (χ0) is 27.4. The Morgan fingerprint density at radius 3 is 2.50 bits per heavy atom. The van der Waals surface area contributed by atoms with Gasteiger partial charge < -0.3 is 26.0 Å². The number of anilines is 2. The number of aliphatic carboxylic acids is 1. The van der Waals surface area contributed by atoms with Crippen molar-refractivity contribution < 1.29 is 33.0 Å². The first-order valence-electron chi connectivity index (χ1n) is 11.9. The smallest absolute Gasteiger partial charge is 0.349 e. The monoisotopic (exact) mass is 559 g/mol. The van der Waals surface area contributed by atoms with E-state index in [-0.39, 0.29) is 22.4 Å². The van der Waals surface area contributed by atoms with Crippen molar-refractivity contribution in [1.82, 2.24) is 4.31 Å². The van der Waals surface area contributed by atoms with E-state index in [1.54, 1.807) is 31.2 Å². The summed E-state index contributed by atoms with van der Waals surface area (Å²) in [4.78, 5) is 23.3. The van der Waals surface area contributed by atoms with E-state index in [0.717, 1.165) is 22.6 Å². The molecular formula is C26H29N3O7S2. The number of rotatable bonds is 10. The first-order valence-corrected chi connectivity index (χ1v) is 14.4. The average molecular weight is 560 g/mol. The normalized spacial score (nSPS) is 14.8. The van der Waals surface area contributed by atoms with Gasteiger partial charge >= 0.3 is 11.9 Å². The van der Waals surface area contributed by atoms with Crippen LogP contribution in [-0.2, 0) is 20.6 Å². The maximum atomic E-state index is 12.9. The minimum absolute atomic E-state index is 0.0528. The van der Waals surface area contributed by atoms with Crippen molar-refractivity contribution in [2.75, 3.05) is 30.7 Å². The number of para-hydroxylation sites is 1. The Labute approximate surface area is 224 Å². The highest BCUT2D eigenvalue weighted by molar-refractivity contribution is 7.88. The predicted octanol–water partition coefficient (Wildman–Crippen LogP) is 3.87. The highest BCUT2D eigenvalue weighted by atomic mass is 32.2. The van der Waals surface area contributed by atoms with E-state index in [4.69, 9.17) is 15.6 Å². The fourth-order valence-electron chi connectivity index (χ4n) is 4.44. The molecule has 0 atom stereocenters. The summed E-state index contributed by atoms with van der Waals surface area (Å²) in [5.41, 5.74) is 9.13. The molecule has 2 heterocycles. The van der Waals surface area contributed by atoms with Crippen LogP contribution in [0.5, 0.6) is 5.75 Å². The molecule has 1 aromatic heterocycles. The van der Waals surface area contributed by atoms with Crippen molar-refractivity contribution in [1.29, 1.82) is 0 Å². The minimum Gasteiger partial charge on any atom is -0.480 e. The lowest BCUT2D eigenvalue weighted by atomic mass is 10.0. The molecule has 3 aromatic rings. The number of aromatic carboxylic acids is 1. The summed E-state index contributed by atoms with van der Waals surface area (Å²) in [6.07, 6.45) is 1.25. The van der Waals surface area contributed by atoms with Gasteiger partial charge in [-0.05, 0) is 49.1 Å². The SMILES string of the molecule is Cc1c(-c2cccc(NC3CCN(S(=O)(=O)Cc4ccccc4N)CC3)c2)sc(C(=O)O)c1OCC(=O)O. The number of carboxylic acid groups (broad SMARTS) is 2. The van der Waals surface area contributed by atoms with E-state index in [1.807, 2.05) is 24.3 Å². The topological polar surface area (TPSA) is 159 Å². The summed E-state index contributed by atoms with van der Waals surface area (Å²) >= 11 is 1.03.